The molecule has 1 amide bonds. The second-order valence-electron chi connectivity index (χ2n) is 4.50. The largest absolute Gasteiger partial charge is 0.484 e. The van der Waals surface area contributed by atoms with Crippen LogP contribution in [0.1, 0.15) is 0 Å². The molecule has 0 heterocycles. The van der Waals surface area contributed by atoms with Crippen molar-refractivity contribution < 1.29 is 24.2 Å². The Kier molecular flexibility index (Phi) is 6.21. The van der Waals surface area contributed by atoms with E-state index in [1.54, 1.807) is 36.4 Å². The third-order valence-electron chi connectivity index (χ3n) is 2.68. The summed E-state index contributed by atoms with van der Waals surface area (Å²) in [5, 5.41) is 11.2. The minimum absolute atomic E-state index is 0.0993. The SMILES string of the molecule is O=C(O)COc1ccc(NC(=O)COc2ccc(I)cc2)cc1. The molecule has 0 bridgehead atoms. The molecular weight excluding hydrogens is 413 g/mol. The van der Waals surface area contributed by atoms with E-state index in [1.165, 1.54) is 0 Å². The van der Waals surface area contributed by atoms with Crippen LogP contribution in [0.5, 0.6) is 11.5 Å². The molecular formula is C16H14INO5. The predicted molar refractivity (Wildman–Crippen MR) is 92.9 cm³/mol. The molecule has 0 fully saturated rings. The molecule has 2 rings (SSSR count). The Hall–Kier alpha value is -2.29. The van der Waals surface area contributed by atoms with E-state index in [9.17, 15) is 9.59 Å². The van der Waals surface area contributed by atoms with Crippen LogP contribution in [0, 0.1) is 3.57 Å². The Morgan fingerprint density at radius 3 is 2.00 bits per heavy atom. The van der Waals surface area contributed by atoms with Crippen molar-refractivity contribution in [3.8, 4) is 11.5 Å². The number of ether oxygens (including phenoxy) is 2. The van der Waals surface area contributed by atoms with Crippen molar-refractivity contribution in [1.29, 1.82) is 0 Å². The minimum Gasteiger partial charge on any atom is -0.484 e. The average Bonchev–Trinajstić information content (AvgIpc) is 2.53. The number of rotatable bonds is 7. The van der Waals surface area contributed by atoms with Gasteiger partial charge in [-0.3, -0.25) is 4.79 Å². The molecule has 6 nitrogen and oxygen atoms in total. The molecule has 120 valence electrons. The molecule has 0 spiro atoms. The minimum atomic E-state index is -1.05. The van der Waals surface area contributed by atoms with Crippen LogP contribution in [0.15, 0.2) is 48.5 Å². The Balaban J connectivity index is 1.80. The first-order valence-electron chi connectivity index (χ1n) is 6.66. The van der Waals surface area contributed by atoms with Gasteiger partial charge in [-0.05, 0) is 71.1 Å². The molecule has 7 heteroatoms. The zero-order valence-electron chi connectivity index (χ0n) is 12.0. The third kappa shape index (κ3) is 6.15. The highest BCUT2D eigenvalue weighted by Gasteiger charge is 2.05. The van der Waals surface area contributed by atoms with Crippen molar-refractivity contribution in [2.75, 3.05) is 18.5 Å². The lowest BCUT2D eigenvalue weighted by atomic mass is 10.3. The van der Waals surface area contributed by atoms with Crippen molar-refractivity contribution in [3.63, 3.8) is 0 Å². The quantitative estimate of drug-likeness (QED) is 0.664. The number of carboxylic acids is 1. The van der Waals surface area contributed by atoms with Crippen LogP contribution in [0.4, 0.5) is 5.69 Å². The summed E-state index contributed by atoms with van der Waals surface area (Å²) in [5.41, 5.74) is 0.573. The van der Waals surface area contributed by atoms with Crippen molar-refractivity contribution in [2.24, 2.45) is 0 Å². The highest BCUT2D eigenvalue weighted by molar-refractivity contribution is 14.1. The number of anilines is 1. The molecule has 0 unspecified atom stereocenters. The predicted octanol–water partition coefficient (Wildman–Crippen LogP) is 2.77. The van der Waals surface area contributed by atoms with Gasteiger partial charge < -0.3 is 19.9 Å². The molecule has 0 radical (unpaired) electrons. The highest BCUT2D eigenvalue weighted by atomic mass is 127. The van der Waals surface area contributed by atoms with Gasteiger partial charge in [-0.15, -0.1) is 0 Å². The van der Waals surface area contributed by atoms with E-state index in [4.69, 9.17) is 14.6 Å². The first kappa shape index (κ1) is 17.1. The fraction of sp³-hybridized carbons (Fsp3) is 0.125. The summed E-state index contributed by atoms with van der Waals surface area (Å²) >= 11 is 2.19. The number of nitrogens with one attached hydrogen (secondary N) is 1. The molecule has 2 aromatic carbocycles. The van der Waals surface area contributed by atoms with E-state index in [1.807, 2.05) is 12.1 Å². The van der Waals surface area contributed by atoms with Crippen LogP contribution in [0.2, 0.25) is 0 Å². The fourth-order valence-electron chi connectivity index (χ4n) is 1.66. The van der Waals surface area contributed by atoms with Crippen molar-refractivity contribution in [2.45, 2.75) is 0 Å². The van der Waals surface area contributed by atoms with Crippen LogP contribution >= 0.6 is 22.6 Å². The Labute approximate surface area is 146 Å². The number of halogens is 1. The van der Waals surface area contributed by atoms with Crippen LogP contribution < -0.4 is 14.8 Å². The number of carbonyl (C=O) groups excluding carboxylic acids is 1. The number of hydrogen-bond acceptors (Lipinski definition) is 4. The van der Waals surface area contributed by atoms with Crippen molar-refractivity contribution in [3.05, 3.63) is 52.1 Å². The van der Waals surface area contributed by atoms with Crippen LogP contribution in [-0.4, -0.2) is 30.2 Å². The molecule has 0 saturated heterocycles. The second-order valence-corrected chi connectivity index (χ2v) is 5.74. The second kappa shape index (κ2) is 8.37. The maximum absolute atomic E-state index is 11.8. The van der Waals surface area contributed by atoms with E-state index in [-0.39, 0.29) is 12.5 Å². The molecule has 0 saturated carbocycles. The van der Waals surface area contributed by atoms with Gasteiger partial charge in [-0.25, -0.2) is 4.79 Å². The molecule has 2 aromatic rings. The highest BCUT2D eigenvalue weighted by Crippen LogP contribution is 2.16. The lowest BCUT2D eigenvalue weighted by molar-refractivity contribution is -0.139. The zero-order chi connectivity index (χ0) is 16.7. The van der Waals surface area contributed by atoms with E-state index < -0.39 is 12.6 Å². The summed E-state index contributed by atoms with van der Waals surface area (Å²) in [6.45, 7) is -0.507. The molecule has 0 aromatic heterocycles. The molecule has 0 aliphatic carbocycles. The van der Waals surface area contributed by atoms with Crippen molar-refractivity contribution in [1.82, 2.24) is 0 Å². The summed E-state index contributed by atoms with van der Waals surface area (Å²) in [5.74, 6) is -0.295. The summed E-state index contributed by atoms with van der Waals surface area (Å²) in [6, 6.07) is 13.8. The van der Waals surface area contributed by atoms with E-state index in [0.29, 0.717) is 17.2 Å². The van der Waals surface area contributed by atoms with Crippen LogP contribution in [0.25, 0.3) is 0 Å². The molecule has 0 aliphatic rings. The molecule has 2 N–H and O–H groups in total. The van der Waals surface area contributed by atoms with Gasteiger partial charge >= 0.3 is 5.97 Å². The van der Waals surface area contributed by atoms with Crippen LogP contribution in [-0.2, 0) is 9.59 Å². The number of aliphatic carboxylic acids is 1. The number of amides is 1. The summed E-state index contributed by atoms with van der Waals surface area (Å²) in [6.07, 6.45) is 0. The smallest absolute Gasteiger partial charge is 0.341 e. The van der Waals surface area contributed by atoms with E-state index in [2.05, 4.69) is 27.9 Å². The lowest BCUT2D eigenvalue weighted by Crippen LogP contribution is -2.20. The summed E-state index contributed by atoms with van der Waals surface area (Å²) < 4.78 is 11.5. The van der Waals surface area contributed by atoms with Gasteiger partial charge in [0.1, 0.15) is 11.5 Å². The Bertz CT molecular complexity index is 670. The van der Waals surface area contributed by atoms with Gasteiger partial charge in [0, 0.05) is 9.26 Å². The van der Waals surface area contributed by atoms with E-state index in [0.717, 1.165) is 3.57 Å². The maximum Gasteiger partial charge on any atom is 0.341 e. The monoisotopic (exact) mass is 427 g/mol. The van der Waals surface area contributed by atoms with Gasteiger partial charge in [-0.2, -0.15) is 0 Å². The van der Waals surface area contributed by atoms with Gasteiger partial charge in [-0.1, -0.05) is 0 Å². The lowest BCUT2D eigenvalue weighted by Gasteiger charge is -2.08. The maximum atomic E-state index is 11.8. The summed E-state index contributed by atoms with van der Waals surface area (Å²) in [7, 11) is 0. The summed E-state index contributed by atoms with van der Waals surface area (Å²) in [4.78, 5) is 22.2. The first-order valence-corrected chi connectivity index (χ1v) is 7.74. The standard InChI is InChI=1S/C16H14INO5/c17-11-1-5-13(6-2-11)22-9-15(19)18-12-3-7-14(8-4-12)23-10-16(20)21/h1-8H,9-10H2,(H,18,19)(H,20,21). The van der Waals surface area contributed by atoms with Crippen molar-refractivity contribution >= 4 is 40.2 Å². The number of hydrogen-bond donors (Lipinski definition) is 2. The first-order chi connectivity index (χ1) is 11.0. The van der Waals surface area contributed by atoms with Gasteiger partial charge in [0.25, 0.3) is 5.91 Å². The number of carboxylic acid groups (broad SMARTS) is 1. The average molecular weight is 427 g/mol. The Morgan fingerprint density at radius 2 is 1.43 bits per heavy atom. The van der Waals surface area contributed by atoms with Gasteiger partial charge in [0.05, 0.1) is 0 Å². The normalized spacial score (nSPS) is 9.96. The molecule has 0 aliphatic heterocycles. The van der Waals surface area contributed by atoms with E-state index >= 15 is 0 Å². The Morgan fingerprint density at radius 1 is 0.913 bits per heavy atom. The molecule has 23 heavy (non-hydrogen) atoms. The zero-order valence-corrected chi connectivity index (χ0v) is 14.1. The number of benzene rings is 2. The van der Waals surface area contributed by atoms with Gasteiger partial charge in [0.2, 0.25) is 0 Å². The van der Waals surface area contributed by atoms with Crippen LogP contribution in [0.3, 0.4) is 0 Å². The van der Waals surface area contributed by atoms with Gasteiger partial charge in [0.15, 0.2) is 13.2 Å². The topological polar surface area (TPSA) is 84.9 Å². The molecule has 0 atom stereocenters. The number of carbonyl (C=O) groups is 2. The fourth-order valence-corrected chi connectivity index (χ4v) is 2.02. The third-order valence-corrected chi connectivity index (χ3v) is 3.40.